The maximum absolute atomic E-state index is 13.4. The van der Waals surface area contributed by atoms with E-state index in [0.717, 1.165) is 44.1 Å². The number of carbonyl (C=O) groups is 2. The van der Waals surface area contributed by atoms with Crippen LogP contribution >= 0.6 is 0 Å². The number of fused-ring (bicyclic) bond motifs is 1. The zero-order valence-electron chi connectivity index (χ0n) is 17.2. The summed E-state index contributed by atoms with van der Waals surface area (Å²) in [5.74, 6) is 1.15. The topological polar surface area (TPSA) is 67.9 Å². The van der Waals surface area contributed by atoms with Crippen LogP contribution in [0.2, 0.25) is 0 Å². The van der Waals surface area contributed by atoms with E-state index in [2.05, 4.69) is 17.5 Å². The Balaban J connectivity index is 1.64. The molecule has 1 aromatic rings. The van der Waals surface area contributed by atoms with Gasteiger partial charge in [-0.3, -0.25) is 9.59 Å². The van der Waals surface area contributed by atoms with Gasteiger partial charge in [-0.15, -0.1) is 0 Å². The molecule has 1 N–H and O–H groups in total. The highest BCUT2D eigenvalue weighted by molar-refractivity contribution is 5.94. The van der Waals surface area contributed by atoms with Gasteiger partial charge in [-0.25, -0.2) is 0 Å². The highest BCUT2D eigenvalue weighted by Crippen LogP contribution is 2.43. The number of hydrogen-bond donors (Lipinski definition) is 1. The minimum absolute atomic E-state index is 0.00474. The Hall–Kier alpha value is -2.50. The normalized spacial score (nSPS) is 25.0. The third kappa shape index (κ3) is 3.72. The Morgan fingerprint density at radius 2 is 1.79 bits per heavy atom. The standard InChI is InChI=1S/C23H30N2O4/c1-28-19-13-12-15(14-20(19)29-2)21(22(26)24-16-8-4-3-5-9-16)25-18-11-7-6-10-17(18)23(25)27/h6-7,12-14,16-18,21H,3-5,8-11H2,1-2H3,(H,24,26)/t17-,18+,21?/m1/s1. The lowest BCUT2D eigenvalue weighted by Gasteiger charge is -2.51. The molecular formula is C23H30N2O4. The van der Waals surface area contributed by atoms with Crippen LogP contribution in [0.4, 0.5) is 0 Å². The molecule has 0 spiro atoms. The van der Waals surface area contributed by atoms with Crippen molar-refractivity contribution in [1.29, 1.82) is 0 Å². The molecule has 6 nitrogen and oxygen atoms in total. The van der Waals surface area contributed by atoms with Crippen molar-refractivity contribution in [3.05, 3.63) is 35.9 Å². The van der Waals surface area contributed by atoms with E-state index in [1.54, 1.807) is 25.2 Å². The maximum atomic E-state index is 13.4. The van der Waals surface area contributed by atoms with Crippen molar-refractivity contribution in [3.8, 4) is 11.5 Å². The second-order valence-corrected chi connectivity index (χ2v) is 8.22. The Morgan fingerprint density at radius 1 is 1.07 bits per heavy atom. The predicted molar refractivity (Wildman–Crippen MR) is 110 cm³/mol. The molecule has 0 radical (unpaired) electrons. The van der Waals surface area contributed by atoms with Crippen molar-refractivity contribution in [2.24, 2.45) is 5.92 Å². The lowest BCUT2D eigenvalue weighted by atomic mass is 9.77. The van der Waals surface area contributed by atoms with Gasteiger partial charge in [-0.1, -0.05) is 37.5 Å². The first-order chi connectivity index (χ1) is 14.1. The summed E-state index contributed by atoms with van der Waals surface area (Å²) < 4.78 is 10.8. The average molecular weight is 399 g/mol. The van der Waals surface area contributed by atoms with Crippen LogP contribution in [0, 0.1) is 5.92 Å². The monoisotopic (exact) mass is 398 g/mol. The summed E-state index contributed by atoms with van der Waals surface area (Å²) in [5, 5.41) is 3.23. The fourth-order valence-electron chi connectivity index (χ4n) is 4.95. The van der Waals surface area contributed by atoms with Crippen molar-refractivity contribution < 1.29 is 19.1 Å². The van der Waals surface area contributed by atoms with Gasteiger partial charge in [0.15, 0.2) is 11.5 Å². The molecule has 29 heavy (non-hydrogen) atoms. The van der Waals surface area contributed by atoms with Crippen molar-refractivity contribution in [2.45, 2.75) is 63.1 Å². The summed E-state index contributed by atoms with van der Waals surface area (Å²) in [5.41, 5.74) is 0.761. The number of nitrogens with zero attached hydrogens (tertiary/aromatic N) is 1. The summed E-state index contributed by atoms with van der Waals surface area (Å²) in [6.07, 6.45) is 11.3. The van der Waals surface area contributed by atoms with E-state index in [1.165, 1.54) is 6.42 Å². The quantitative estimate of drug-likeness (QED) is 0.589. The number of likely N-dealkylation sites (tertiary alicyclic amines) is 1. The van der Waals surface area contributed by atoms with Gasteiger partial charge in [0, 0.05) is 12.1 Å². The molecule has 1 aromatic carbocycles. The van der Waals surface area contributed by atoms with E-state index in [1.807, 2.05) is 12.1 Å². The first-order valence-electron chi connectivity index (χ1n) is 10.6. The first-order valence-corrected chi connectivity index (χ1v) is 10.6. The fraction of sp³-hybridized carbons (Fsp3) is 0.565. The number of carbonyl (C=O) groups excluding carboxylic acids is 2. The number of rotatable bonds is 6. The Labute approximate surface area is 172 Å². The Morgan fingerprint density at radius 3 is 2.52 bits per heavy atom. The Bertz CT molecular complexity index is 800. The van der Waals surface area contributed by atoms with Crippen LogP contribution in [0.25, 0.3) is 0 Å². The second kappa shape index (κ2) is 8.47. The van der Waals surface area contributed by atoms with Gasteiger partial charge in [-0.05, 0) is 43.4 Å². The number of amides is 2. The number of benzene rings is 1. The molecule has 3 aliphatic rings. The number of allylic oxidation sites excluding steroid dienone is 1. The van der Waals surface area contributed by atoms with Crippen LogP contribution in [0.1, 0.15) is 56.6 Å². The van der Waals surface area contributed by atoms with Crippen molar-refractivity contribution >= 4 is 11.8 Å². The van der Waals surface area contributed by atoms with Gasteiger partial charge in [0.1, 0.15) is 6.04 Å². The Kier molecular flexibility index (Phi) is 5.79. The summed E-state index contributed by atoms with van der Waals surface area (Å²) in [7, 11) is 3.16. The molecule has 4 rings (SSSR count). The molecule has 1 saturated heterocycles. The molecular weight excluding hydrogens is 368 g/mol. The van der Waals surface area contributed by atoms with Gasteiger partial charge in [-0.2, -0.15) is 0 Å². The highest BCUT2D eigenvalue weighted by atomic mass is 16.5. The van der Waals surface area contributed by atoms with Crippen LogP contribution in [-0.2, 0) is 9.59 Å². The number of β-lactam (4-membered cyclic amide) rings is 1. The SMILES string of the molecule is COc1ccc(C(C(=O)NC2CCCCC2)N2C(=O)[C@@H]3CC=CC[C@@H]32)cc1OC. The highest BCUT2D eigenvalue weighted by Gasteiger charge is 2.52. The fourth-order valence-corrected chi connectivity index (χ4v) is 4.95. The van der Waals surface area contributed by atoms with Gasteiger partial charge in [0.05, 0.1) is 20.1 Å². The lowest BCUT2D eigenvalue weighted by molar-refractivity contribution is -0.165. The molecule has 0 bridgehead atoms. The molecule has 2 amide bonds. The minimum Gasteiger partial charge on any atom is -0.493 e. The van der Waals surface area contributed by atoms with Crippen LogP contribution in [-0.4, -0.2) is 43.0 Å². The zero-order valence-corrected chi connectivity index (χ0v) is 17.2. The van der Waals surface area contributed by atoms with Crippen molar-refractivity contribution in [2.75, 3.05) is 14.2 Å². The third-order valence-corrected chi connectivity index (χ3v) is 6.53. The molecule has 2 fully saturated rings. The molecule has 156 valence electrons. The van der Waals surface area contributed by atoms with Gasteiger partial charge in [0.25, 0.3) is 0 Å². The first kappa shape index (κ1) is 19.8. The van der Waals surface area contributed by atoms with Crippen molar-refractivity contribution in [3.63, 3.8) is 0 Å². The molecule has 2 aliphatic carbocycles. The van der Waals surface area contributed by atoms with E-state index >= 15 is 0 Å². The number of nitrogens with one attached hydrogen (secondary N) is 1. The molecule has 1 heterocycles. The van der Waals surface area contributed by atoms with E-state index in [9.17, 15) is 9.59 Å². The van der Waals surface area contributed by atoms with Crippen LogP contribution in [0.3, 0.4) is 0 Å². The second-order valence-electron chi connectivity index (χ2n) is 8.22. The number of methoxy groups -OCH3 is 2. The molecule has 6 heteroatoms. The molecule has 3 atom stereocenters. The van der Waals surface area contributed by atoms with Gasteiger partial charge in [0.2, 0.25) is 11.8 Å². The van der Waals surface area contributed by atoms with Crippen LogP contribution in [0.5, 0.6) is 11.5 Å². The summed E-state index contributed by atoms with van der Waals surface area (Å²) in [4.78, 5) is 28.2. The molecule has 1 saturated carbocycles. The van der Waals surface area contributed by atoms with Crippen LogP contribution in [0.15, 0.2) is 30.4 Å². The summed E-state index contributed by atoms with van der Waals surface area (Å²) in [6.45, 7) is 0. The summed E-state index contributed by atoms with van der Waals surface area (Å²) in [6, 6.07) is 5.13. The predicted octanol–water partition coefficient (Wildman–Crippen LogP) is 3.37. The van der Waals surface area contributed by atoms with E-state index < -0.39 is 6.04 Å². The lowest BCUT2D eigenvalue weighted by Crippen LogP contribution is -2.64. The molecule has 1 unspecified atom stereocenters. The average Bonchev–Trinajstić information content (AvgIpc) is 2.77. The van der Waals surface area contributed by atoms with Gasteiger partial charge >= 0.3 is 0 Å². The minimum atomic E-state index is -0.642. The molecule has 1 aliphatic heterocycles. The van der Waals surface area contributed by atoms with E-state index in [-0.39, 0.29) is 29.8 Å². The zero-order chi connectivity index (χ0) is 20.4. The van der Waals surface area contributed by atoms with E-state index in [4.69, 9.17) is 9.47 Å². The number of hydrogen-bond acceptors (Lipinski definition) is 4. The maximum Gasteiger partial charge on any atom is 0.247 e. The molecule has 0 aromatic heterocycles. The van der Waals surface area contributed by atoms with Gasteiger partial charge < -0.3 is 19.7 Å². The van der Waals surface area contributed by atoms with E-state index in [0.29, 0.717) is 11.5 Å². The number of ether oxygens (including phenoxy) is 2. The summed E-state index contributed by atoms with van der Waals surface area (Å²) >= 11 is 0. The smallest absolute Gasteiger partial charge is 0.247 e. The van der Waals surface area contributed by atoms with Crippen molar-refractivity contribution in [1.82, 2.24) is 10.2 Å². The van der Waals surface area contributed by atoms with Crippen LogP contribution < -0.4 is 14.8 Å². The third-order valence-electron chi connectivity index (χ3n) is 6.53. The largest absolute Gasteiger partial charge is 0.493 e.